The first-order valence-electron chi connectivity index (χ1n) is 9.67. The second-order valence-corrected chi connectivity index (χ2v) is 10.1. The summed E-state index contributed by atoms with van der Waals surface area (Å²) < 4.78 is 5.49. The Bertz CT molecular complexity index is 628. The normalized spacial score (nSPS) is 29.1. The van der Waals surface area contributed by atoms with Crippen LogP contribution >= 0.6 is 11.3 Å². The van der Waals surface area contributed by atoms with E-state index in [4.69, 9.17) is 4.74 Å². The molecule has 4 nitrogen and oxygen atoms in total. The number of rotatable bonds is 3. The van der Waals surface area contributed by atoms with Gasteiger partial charge in [-0.2, -0.15) is 0 Å². The Morgan fingerprint density at radius 3 is 2.60 bits per heavy atom. The number of likely N-dealkylation sites (tertiary alicyclic amines) is 1. The van der Waals surface area contributed by atoms with E-state index in [1.807, 2.05) is 37.0 Å². The smallest absolute Gasteiger partial charge is 0.410 e. The van der Waals surface area contributed by atoms with Gasteiger partial charge in [0.15, 0.2) is 0 Å². The van der Waals surface area contributed by atoms with Crippen LogP contribution in [-0.2, 0) is 17.6 Å². The van der Waals surface area contributed by atoms with E-state index in [9.17, 15) is 4.79 Å². The van der Waals surface area contributed by atoms with Crippen molar-refractivity contribution in [3.8, 4) is 0 Å². The van der Waals surface area contributed by atoms with E-state index in [0.717, 1.165) is 13.1 Å². The number of carbonyl (C=O) groups is 1. The van der Waals surface area contributed by atoms with Crippen LogP contribution in [-0.4, -0.2) is 35.7 Å². The van der Waals surface area contributed by atoms with Crippen molar-refractivity contribution in [3.63, 3.8) is 0 Å². The van der Waals surface area contributed by atoms with Crippen molar-refractivity contribution in [1.82, 2.24) is 10.2 Å². The Kier molecular flexibility index (Phi) is 4.35. The molecule has 0 radical (unpaired) electrons. The largest absolute Gasteiger partial charge is 0.444 e. The van der Waals surface area contributed by atoms with Crippen molar-refractivity contribution < 1.29 is 9.53 Å². The van der Waals surface area contributed by atoms with Crippen LogP contribution in [0.4, 0.5) is 4.79 Å². The summed E-state index contributed by atoms with van der Waals surface area (Å²) in [7, 11) is 0. The Hall–Kier alpha value is -1.07. The van der Waals surface area contributed by atoms with Crippen LogP contribution in [0.1, 0.15) is 61.9 Å². The summed E-state index contributed by atoms with van der Waals surface area (Å²) in [5.41, 5.74) is 1.18. The fraction of sp³-hybridized carbons (Fsp3) is 0.750. The molecule has 3 atom stereocenters. The lowest BCUT2D eigenvalue weighted by molar-refractivity contribution is 0.0269. The average molecular weight is 363 g/mol. The number of carbonyl (C=O) groups excluding carboxylic acids is 1. The lowest BCUT2D eigenvalue weighted by Gasteiger charge is -2.26. The number of fused-ring (bicyclic) bond motifs is 2. The highest BCUT2D eigenvalue weighted by atomic mass is 32.1. The number of ether oxygens (including phenoxy) is 1. The predicted octanol–water partition coefficient (Wildman–Crippen LogP) is 4.14. The lowest BCUT2D eigenvalue weighted by atomic mass is 9.99. The molecule has 0 aromatic carbocycles. The number of piperidine rings is 1. The summed E-state index contributed by atoms with van der Waals surface area (Å²) in [5.74, 6) is 1.20. The van der Waals surface area contributed by atoms with E-state index in [1.165, 1.54) is 30.6 Å². The second kappa shape index (κ2) is 6.27. The first-order valence-corrected chi connectivity index (χ1v) is 10.5. The summed E-state index contributed by atoms with van der Waals surface area (Å²) in [4.78, 5) is 17.2. The van der Waals surface area contributed by atoms with E-state index in [2.05, 4.69) is 18.3 Å². The van der Waals surface area contributed by atoms with Crippen molar-refractivity contribution in [2.24, 2.45) is 11.8 Å². The summed E-state index contributed by atoms with van der Waals surface area (Å²) in [6, 6.07) is 3.41. The summed E-state index contributed by atoms with van der Waals surface area (Å²) in [5, 5.41) is 3.82. The first-order chi connectivity index (χ1) is 11.8. The van der Waals surface area contributed by atoms with Crippen LogP contribution in [0.25, 0.3) is 0 Å². The van der Waals surface area contributed by atoms with Crippen LogP contribution in [0, 0.1) is 11.8 Å². The Balaban J connectivity index is 1.29. The maximum absolute atomic E-state index is 12.2. The third kappa shape index (κ3) is 3.59. The van der Waals surface area contributed by atoms with Gasteiger partial charge >= 0.3 is 6.09 Å². The maximum atomic E-state index is 12.2. The quantitative estimate of drug-likeness (QED) is 0.878. The summed E-state index contributed by atoms with van der Waals surface area (Å²) >= 11 is 2.01. The third-order valence-electron chi connectivity index (χ3n) is 5.73. The van der Waals surface area contributed by atoms with Gasteiger partial charge in [-0.15, -0.1) is 11.3 Å². The van der Waals surface area contributed by atoms with Crippen molar-refractivity contribution in [2.75, 3.05) is 13.1 Å². The van der Waals surface area contributed by atoms with Gasteiger partial charge in [-0.3, -0.25) is 0 Å². The minimum atomic E-state index is -0.408. The molecule has 2 heterocycles. The van der Waals surface area contributed by atoms with Crippen LogP contribution in [0.5, 0.6) is 0 Å². The molecular weight excluding hydrogens is 332 g/mol. The molecular formula is C20H30N2O2S. The molecule has 1 saturated heterocycles. The molecule has 1 aromatic rings. The Morgan fingerprint density at radius 1 is 1.28 bits per heavy atom. The van der Waals surface area contributed by atoms with Gasteiger partial charge in [-0.1, -0.05) is 0 Å². The lowest BCUT2D eigenvalue weighted by Crippen LogP contribution is -2.39. The van der Waals surface area contributed by atoms with Gasteiger partial charge < -0.3 is 15.0 Å². The number of aryl methyl sites for hydroxylation is 2. The van der Waals surface area contributed by atoms with Gasteiger partial charge in [-0.25, -0.2) is 4.79 Å². The zero-order valence-corrected chi connectivity index (χ0v) is 16.6. The number of nitrogens with zero attached hydrogens (tertiary/aromatic N) is 1. The fourth-order valence-electron chi connectivity index (χ4n) is 4.35. The monoisotopic (exact) mass is 362 g/mol. The minimum absolute atomic E-state index is 0.155. The maximum Gasteiger partial charge on any atom is 0.410 e. The molecule has 0 bridgehead atoms. The fourth-order valence-corrected chi connectivity index (χ4v) is 5.62. The number of amides is 1. The molecule has 4 rings (SSSR count). The van der Waals surface area contributed by atoms with Gasteiger partial charge in [0.1, 0.15) is 5.60 Å². The SMILES string of the molecule is CC(NC1C2CN(C(=O)OC(C)(C)C)CC21)c1cc2c(s1)CCCC2. The zero-order valence-electron chi connectivity index (χ0n) is 15.8. The van der Waals surface area contributed by atoms with Gasteiger partial charge in [0, 0.05) is 34.9 Å². The number of thiophene rings is 1. The molecule has 25 heavy (non-hydrogen) atoms. The third-order valence-corrected chi connectivity index (χ3v) is 7.15. The highest BCUT2D eigenvalue weighted by Crippen LogP contribution is 2.47. The molecule has 1 saturated carbocycles. The first kappa shape index (κ1) is 17.3. The van der Waals surface area contributed by atoms with Crippen molar-refractivity contribution in [2.45, 2.75) is 71.1 Å². The average Bonchev–Trinajstić information content (AvgIpc) is 2.96. The molecule has 5 heteroatoms. The van der Waals surface area contributed by atoms with Gasteiger partial charge in [0.05, 0.1) is 0 Å². The van der Waals surface area contributed by atoms with E-state index in [0.29, 0.717) is 23.9 Å². The highest BCUT2D eigenvalue weighted by molar-refractivity contribution is 7.12. The van der Waals surface area contributed by atoms with Crippen LogP contribution in [0.2, 0.25) is 0 Å². The topological polar surface area (TPSA) is 41.6 Å². The molecule has 1 amide bonds. The van der Waals surface area contributed by atoms with Gasteiger partial charge in [0.2, 0.25) is 0 Å². The standard InChI is InChI=1S/C20H30N2O2S/c1-12(17-9-13-7-5-6-8-16(13)25-17)21-18-14-10-22(11-15(14)18)19(23)24-20(2,3)4/h9,12,14-15,18,21H,5-8,10-11H2,1-4H3. The molecule has 3 aliphatic rings. The van der Waals surface area contributed by atoms with Gasteiger partial charge in [-0.05, 0) is 76.8 Å². The Morgan fingerprint density at radius 2 is 1.96 bits per heavy atom. The molecule has 0 spiro atoms. The number of hydrogen-bond donors (Lipinski definition) is 1. The minimum Gasteiger partial charge on any atom is -0.444 e. The van der Waals surface area contributed by atoms with E-state index in [-0.39, 0.29) is 6.09 Å². The molecule has 1 aliphatic heterocycles. The van der Waals surface area contributed by atoms with Crippen molar-refractivity contribution in [1.29, 1.82) is 0 Å². The van der Waals surface area contributed by atoms with Crippen molar-refractivity contribution >= 4 is 17.4 Å². The zero-order chi connectivity index (χ0) is 17.8. The molecule has 2 fully saturated rings. The molecule has 1 aromatic heterocycles. The predicted molar refractivity (Wildman–Crippen MR) is 101 cm³/mol. The molecule has 3 unspecified atom stereocenters. The Labute approximate surface area is 154 Å². The molecule has 138 valence electrons. The van der Waals surface area contributed by atoms with E-state index >= 15 is 0 Å². The van der Waals surface area contributed by atoms with Gasteiger partial charge in [0.25, 0.3) is 0 Å². The van der Waals surface area contributed by atoms with E-state index in [1.54, 1.807) is 10.4 Å². The van der Waals surface area contributed by atoms with Crippen LogP contribution in [0.3, 0.4) is 0 Å². The molecule has 2 aliphatic carbocycles. The second-order valence-electron chi connectivity index (χ2n) is 8.93. The van der Waals surface area contributed by atoms with E-state index < -0.39 is 5.60 Å². The van der Waals surface area contributed by atoms with Crippen LogP contribution in [0.15, 0.2) is 6.07 Å². The molecule has 1 N–H and O–H groups in total. The highest BCUT2D eigenvalue weighted by Gasteiger charge is 2.57. The number of hydrogen-bond acceptors (Lipinski definition) is 4. The number of nitrogens with one attached hydrogen (secondary N) is 1. The van der Waals surface area contributed by atoms with Crippen LogP contribution < -0.4 is 5.32 Å². The summed E-state index contributed by atoms with van der Waals surface area (Å²) in [6.45, 7) is 9.74. The summed E-state index contributed by atoms with van der Waals surface area (Å²) in [6.07, 6.45) is 5.07. The van der Waals surface area contributed by atoms with Crippen molar-refractivity contribution in [3.05, 3.63) is 21.4 Å².